The largest absolute Gasteiger partial charge is 0.368 e. The van der Waals surface area contributed by atoms with Gasteiger partial charge in [0, 0.05) is 17.6 Å². The lowest BCUT2D eigenvalue weighted by Crippen LogP contribution is -2.26. The van der Waals surface area contributed by atoms with Crippen LogP contribution in [-0.2, 0) is 9.53 Å². The summed E-state index contributed by atoms with van der Waals surface area (Å²) >= 11 is 1.44. The van der Waals surface area contributed by atoms with Crippen molar-refractivity contribution in [1.82, 2.24) is 4.98 Å². The van der Waals surface area contributed by atoms with Gasteiger partial charge in [0.2, 0.25) is 0 Å². The number of carbonyl (C=O) groups excluding carboxylic acids is 1. The van der Waals surface area contributed by atoms with Gasteiger partial charge in [-0.15, -0.1) is 11.3 Å². The molecule has 2 heterocycles. The highest BCUT2D eigenvalue weighted by Crippen LogP contribution is 2.25. The zero-order chi connectivity index (χ0) is 13.9. The Morgan fingerprint density at radius 3 is 2.90 bits per heavy atom. The summed E-state index contributed by atoms with van der Waals surface area (Å²) in [7, 11) is 0. The summed E-state index contributed by atoms with van der Waals surface area (Å²) in [4.78, 5) is 16.4. The number of benzene rings is 1. The molecule has 0 spiro atoms. The topological polar surface area (TPSA) is 51.2 Å². The number of aryl methyl sites for hydroxylation is 1. The molecule has 1 N–H and O–H groups in total. The average molecular weight is 288 g/mol. The van der Waals surface area contributed by atoms with Gasteiger partial charge < -0.3 is 4.74 Å². The minimum atomic E-state index is -0.318. The molecular formula is C15H16N2O2S. The number of nitrogens with zero attached hydrogens (tertiary/aromatic N) is 1. The van der Waals surface area contributed by atoms with E-state index in [1.165, 1.54) is 16.9 Å². The molecule has 20 heavy (non-hydrogen) atoms. The van der Waals surface area contributed by atoms with Crippen LogP contribution >= 0.6 is 11.3 Å². The van der Waals surface area contributed by atoms with Crippen LogP contribution in [0.25, 0.3) is 11.3 Å². The molecule has 0 bridgehead atoms. The van der Waals surface area contributed by atoms with Gasteiger partial charge in [-0.3, -0.25) is 10.1 Å². The number of nitrogens with one attached hydrogen (secondary N) is 1. The molecule has 1 atom stereocenters. The molecule has 1 amide bonds. The number of aromatic nitrogens is 1. The van der Waals surface area contributed by atoms with Crippen LogP contribution in [0.1, 0.15) is 18.4 Å². The van der Waals surface area contributed by atoms with E-state index >= 15 is 0 Å². The third kappa shape index (κ3) is 2.89. The molecule has 1 aromatic carbocycles. The minimum Gasteiger partial charge on any atom is -0.368 e. The van der Waals surface area contributed by atoms with Crippen LogP contribution in [0.3, 0.4) is 0 Å². The van der Waals surface area contributed by atoms with E-state index in [1.54, 1.807) is 0 Å². The molecule has 1 fully saturated rings. The van der Waals surface area contributed by atoms with Gasteiger partial charge >= 0.3 is 0 Å². The summed E-state index contributed by atoms with van der Waals surface area (Å²) in [6.07, 6.45) is 1.42. The van der Waals surface area contributed by atoms with E-state index in [0.29, 0.717) is 11.7 Å². The monoisotopic (exact) mass is 288 g/mol. The zero-order valence-electron chi connectivity index (χ0n) is 11.3. The Kier molecular flexibility index (Phi) is 3.80. The van der Waals surface area contributed by atoms with E-state index < -0.39 is 0 Å². The van der Waals surface area contributed by atoms with Crippen molar-refractivity contribution < 1.29 is 9.53 Å². The van der Waals surface area contributed by atoms with Crippen LogP contribution in [0.2, 0.25) is 0 Å². The van der Waals surface area contributed by atoms with Crippen LogP contribution in [-0.4, -0.2) is 23.6 Å². The van der Waals surface area contributed by atoms with Crippen molar-refractivity contribution in [1.29, 1.82) is 0 Å². The maximum absolute atomic E-state index is 11.9. The van der Waals surface area contributed by atoms with Gasteiger partial charge in [-0.05, 0) is 19.8 Å². The first-order valence-corrected chi connectivity index (χ1v) is 7.55. The van der Waals surface area contributed by atoms with E-state index in [-0.39, 0.29) is 12.0 Å². The van der Waals surface area contributed by atoms with Crippen molar-refractivity contribution in [3.8, 4) is 11.3 Å². The van der Waals surface area contributed by atoms with Gasteiger partial charge in [-0.25, -0.2) is 4.98 Å². The van der Waals surface area contributed by atoms with Gasteiger partial charge in [0.15, 0.2) is 5.13 Å². The summed E-state index contributed by atoms with van der Waals surface area (Å²) in [6.45, 7) is 2.72. The molecule has 1 aromatic heterocycles. The van der Waals surface area contributed by atoms with Crippen LogP contribution in [0.15, 0.2) is 29.6 Å². The standard InChI is InChI=1S/C15H16N2O2S/c1-10-4-6-11(7-5-10)12-9-20-15(16-12)17-14(18)13-3-2-8-19-13/h4-7,9,13H,2-3,8H2,1H3,(H,16,17,18)/t13-/m0/s1. The van der Waals surface area contributed by atoms with Crippen LogP contribution in [0, 0.1) is 6.92 Å². The maximum Gasteiger partial charge on any atom is 0.255 e. The lowest BCUT2D eigenvalue weighted by molar-refractivity contribution is -0.124. The van der Waals surface area contributed by atoms with E-state index in [0.717, 1.165) is 24.1 Å². The summed E-state index contributed by atoms with van der Waals surface area (Å²) in [6, 6.07) is 8.19. The summed E-state index contributed by atoms with van der Waals surface area (Å²) in [5.41, 5.74) is 3.16. The first kappa shape index (κ1) is 13.3. The van der Waals surface area contributed by atoms with Crippen molar-refractivity contribution in [3.05, 3.63) is 35.2 Å². The van der Waals surface area contributed by atoms with Crippen molar-refractivity contribution in [2.75, 3.05) is 11.9 Å². The first-order chi connectivity index (χ1) is 9.72. The highest BCUT2D eigenvalue weighted by molar-refractivity contribution is 7.14. The molecule has 1 aliphatic rings. The second-order valence-corrected chi connectivity index (χ2v) is 5.75. The third-order valence-electron chi connectivity index (χ3n) is 3.30. The Balaban J connectivity index is 1.70. The molecule has 0 aliphatic carbocycles. The maximum atomic E-state index is 11.9. The Labute approximate surface area is 121 Å². The molecule has 1 saturated heterocycles. The lowest BCUT2D eigenvalue weighted by Gasteiger charge is -2.07. The molecular weight excluding hydrogens is 272 g/mol. The molecule has 0 unspecified atom stereocenters. The SMILES string of the molecule is Cc1ccc(-c2csc(NC(=O)[C@@H]3CCCO3)n2)cc1. The summed E-state index contributed by atoms with van der Waals surface area (Å²) < 4.78 is 5.36. The molecule has 104 valence electrons. The number of ether oxygens (including phenoxy) is 1. The fourth-order valence-electron chi connectivity index (χ4n) is 2.16. The van der Waals surface area contributed by atoms with Crippen molar-refractivity contribution in [3.63, 3.8) is 0 Å². The van der Waals surface area contributed by atoms with Gasteiger partial charge in [0.05, 0.1) is 5.69 Å². The second-order valence-electron chi connectivity index (χ2n) is 4.89. The number of rotatable bonds is 3. The average Bonchev–Trinajstić information content (AvgIpc) is 3.10. The summed E-state index contributed by atoms with van der Waals surface area (Å²) in [5, 5.41) is 5.41. The van der Waals surface area contributed by atoms with Crippen molar-refractivity contribution in [2.24, 2.45) is 0 Å². The van der Waals surface area contributed by atoms with Gasteiger partial charge in [-0.2, -0.15) is 0 Å². The van der Waals surface area contributed by atoms with Gasteiger partial charge in [-0.1, -0.05) is 29.8 Å². The number of thiazole rings is 1. The highest BCUT2D eigenvalue weighted by Gasteiger charge is 2.24. The molecule has 2 aromatic rings. The molecule has 5 heteroatoms. The molecule has 4 nitrogen and oxygen atoms in total. The van der Waals surface area contributed by atoms with Crippen LogP contribution in [0.4, 0.5) is 5.13 Å². The Morgan fingerprint density at radius 2 is 2.20 bits per heavy atom. The Bertz CT molecular complexity index is 601. The van der Waals surface area contributed by atoms with E-state index in [1.807, 2.05) is 17.5 Å². The normalized spacial score (nSPS) is 18.1. The van der Waals surface area contributed by atoms with Crippen LogP contribution in [0.5, 0.6) is 0 Å². The van der Waals surface area contributed by atoms with E-state index in [9.17, 15) is 4.79 Å². The predicted octanol–water partition coefficient (Wildman–Crippen LogP) is 3.24. The zero-order valence-corrected chi connectivity index (χ0v) is 12.1. The number of anilines is 1. The fraction of sp³-hybridized carbons (Fsp3) is 0.333. The second kappa shape index (κ2) is 5.73. The number of hydrogen-bond acceptors (Lipinski definition) is 4. The predicted molar refractivity (Wildman–Crippen MR) is 79.9 cm³/mol. The quantitative estimate of drug-likeness (QED) is 0.943. The molecule has 0 radical (unpaired) electrons. The highest BCUT2D eigenvalue weighted by atomic mass is 32.1. The number of carbonyl (C=O) groups is 1. The lowest BCUT2D eigenvalue weighted by atomic mass is 10.1. The van der Waals surface area contributed by atoms with Gasteiger partial charge in [0.25, 0.3) is 5.91 Å². The minimum absolute atomic E-state index is 0.0905. The Hall–Kier alpha value is -1.72. The fourth-order valence-corrected chi connectivity index (χ4v) is 2.88. The first-order valence-electron chi connectivity index (χ1n) is 6.67. The van der Waals surface area contributed by atoms with Crippen LogP contribution < -0.4 is 5.32 Å². The molecule has 1 aliphatic heterocycles. The number of hydrogen-bond donors (Lipinski definition) is 1. The van der Waals surface area contributed by atoms with E-state index in [2.05, 4.69) is 29.4 Å². The van der Waals surface area contributed by atoms with E-state index in [4.69, 9.17) is 4.74 Å². The Morgan fingerprint density at radius 1 is 1.40 bits per heavy atom. The van der Waals surface area contributed by atoms with Crippen molar-refractivity contribution >= 4 is 22.4 Å². The molecule has 3 rings (SSSR count). The smallest absolute Gasteiger partial charge is 0.255 e. The summed E-state index contributed by atoms with van der Waals surface area (Å²) in [5.74, 6) is -0.0905. The molecule has 0 saturated carbocycles. The van der Waals surface area contributed by atoms with Crippen molar-refractivity contribution in [2.45, 2.75) is 25.9 Å². The van der Waals surface area contributed by atoms with Gasteiger partial charge in [0.1, 0.15) is 6.10 Å². The number of amides is 1. The third-order valence-corrected chi connectivity index (χ3v) is 4.06.